The zero-order chi connectivity index (χ0) is 25.2. The molecule has 0 spiro atoms. The summed E-state index contributed by atoms with van der Waals surface area (Å²) in [6.07, 6.45) is 2.34. The van der Waals surface area contributed by atoms with E-state index in [2.05, 4.69) is 54.8 Å². The van der Waals surface area contributed by atoms with Gasteiger partial charge in [0.1, 0.15) is 10.7 Å². The second-order valence-electron chi connectivity index (χ2n) is 9.77. The molecule has 1 saturated heterocycles. The topological polar surface area (TPSA) is 78.8 Å². The predicted molar refractivity (Wildman–Crippen MR) is 141 cm³/mol. The Hall–Kier alpha value is -2.93. The van der Waals surface area contributed by atoms with Gasteiger partial charge < -0.3 is 10.2 Å². The van der Waals surface area contributed by atoms with Crippen LogP contribution in [0.25, 0.3) is 4.91 Å². The molecule has 0 unspecified atom stereocenters. The SMILES string of the molecule is CCc1ccc(CNC(=O)C2CCN(C3=NS(=O)(=O)C(c4ccc(C(C)C)cc4)=C3C)CC2)cc1. The van der Waals surface area contributed by atoms with Crippen LogP contribution in [0.2, 0.25) is 0 Å². The minimum Gasteiger partial charge on any atom is -0.356 e. The van der Waals surface area contributed by atoms with E-state index in [1.165, 1.54) is 11.1 Å². The molecule has 2 heterocycles. The van der Waals surface area contributed by atoms with E-state index in [-0.39, 0.29) is 16.7 Å². The molecule has 2 aromatic carbocycles. The van der Waals surface area contributed by atoms with E-state index in [9.17, 15) is 13.2 Å². The molecule has 0 aliphatic carbocycles. The lowest BCUT2D eigenvalue weighted by molar-refractivity contribution is -0.126. The molecule has 186 valence electrons. The van der Waals surface area contributed by atoms with E-state index in [0.29, 0.717) is 55.4 Å². The minimum absolute atomic E-state index is 0.0587. The molecular weight excluding hydrogens is 458 g/mol. The van der Waals surface area contributed by atoms with Crippen LogP contribution in [0.15, 0.2) is 58.5 Å². The minimum atomic E-state index is -3.75. The van der Waals surface area contributed by atoms with Gasteiger partial charge in [-0.2, -0.15) is 8.42 Å². The first-order valence-electron chi connectivity index (χ1n) is 12.5. The Balaban J connectivity index is 1.38. The maximum Gasteiger partial charge on any atom is 0.285 e. The molecule has 0 bridgehead atoms. The molecule has 2 aliphatic heterocycles. The quantitative estimate of drug-likeness (QED) is 0.622. The van der Waals surface area contributed by atoms with Crippen LogP contribution in [0.5, 0.6) is 0 Å². The number of hydrogen-bond donors (Lipinski definition) is 1. The van der Waals surface area contributed by atoms with Crippen LogP contribution in [0, 0.1) is 5.92 Å². The third-order valence-electron chi connectivity index (χ3n) is 7.04. The van der Waals surface area contributed by atoms with Crippen molar-refractivity contribution in [1.29, 1.82) is 0 Å². The van der Waals surface area contributed by atoms with Crippen LogP contribution < -0.4 is 5.32 Å². The number of nitrogens with one attached hydrogen (secondary N) is 1. The number of hydrogen-bond acceptors (Lipinski definition) is 4. The zero-order valence-corrected chi connectivity index (χ0v) is 21.9. The summed E-state index contributed by atoms with van der Waals surface area (Å²) in [5.41, 5.74) is 4.90. The standard InChI is InChI=1S/C28H35N3O3S/c1-5-21-6-8-22(9-7-21)18-29-28(32)25-14-16-31(17-15-25)27-20(4)26(35(33,34)30-27)24-12-10-23(11-13-24)19(2)3/h6-13,19,25H,5,14-18H2,1-4H3,(H,29,32). The molecular formula is C28H35N3O3S. The van der Waals surface area contributed by atoms with Crippen LogP contribution >= 0.6 is 0 Å². The Bertz CT molecular complexity index is 1240. The van der Waals surface area contributed by atoms with Crippen molar-refractivity contribution in [3.63, 3.8) is 0 Å². The number of carbonyl (C=O) groups excluding carboxylic acids is 1. The van der Waals surface area contributed by atoms with Crippen molar-refractivity contribution in [3.05, 3.63) is 76.4 Å². The van der Waals surface area contributed by atoms with Gasteiger partial charge in [-0.05, 0) is 54.4 Å². The fourth-order valence-corrected chi connectivity index (χ4v) is 6.27. The van der Waals surface area contributed by atoms with Gasteiger partial charge in [0.25, 0.3) is 10.0 Å². The number of rotatable bonds is 6. The van der Waals surface area contributed by atoms with Crippen molar-refractivity contribution < 1.29 is 13.2 Å². The van der Waals surface area contributed by atoms with Gasteiger partial charge in [0.05, 0.1) is 0 Å². The Labute approximate surface area is 209 Å². The number of sulfonamides is 1. The summed E-state index contributed by atoms with van der Waals surface area (Å²) in [4.78, 5) is 15.0. The normalized spacial score (nSPS) is 18.2. The maximum absolute atomic E-state index is 12.9. The maximum atomic E-state index is 12.9. The van der Waals surface area contributed by atoms with Crippen LogP contribution in [-0.2, 0) is 27.8 Å². The summed E-state index contributed by atoms with van der Waals surface area (Å²) in [5, 5.41) is 3.06. The average molecular weight is 494 g/mol. The lowest BCUT2D eigenvalue weighted by atomic mass is 9.95. The second-order valence-corrected chi connectivity index (χ2v) is 11.3. The van der Waals surface area contributed by atoms with Crippen LogP contribution in [-0.4, -0.2) is 38.2 Å². The van der Waals surface area contributed by atoms with Gasteiger partial charge >= 0.3 is 0 Å². The Morgan fingerprint density at radius 2 is 1.63 bits per heavy atom. The molecule has 0 aromatic heterocycles. The molecule has 4 rings (SSSR count). The van der Waals surface area contributed by atoms with E-state index in [1.807, 2.05) is 36.1 Å². The van der Waals surface area contributed by atoms with Crippen molar-refractivity contribution in [1.82, 2.24) is 10.2 Å². The lowest BCUT2D eigenvalue weighted by Crippen LogP contribution is -2.43. The Kier molecular flexibility index (Phi) is 7.45. The first kappa shape index (κ1) is 25.2. The highest BCUT2D eigenvalue weighted by Crippen LogP contribution is 2.35. The van der Waals surface area contributed by atoms with E-state index >= 15 is 0 Å². The molecule has 2 aliphatic rings. The molecule has 35 heavy (non-hydrogen) atoms. The molecule has 2 aromatic rings. The van der Waals surface area contributed by atoms with E-state index < -0.39 is 10.0 Å². The highest BCUT2D eigenvalue weighted by molar-refractivity contribution is 8.00. The number of carbonyl (C=O) groups is 1. The van der Waals surface area contributed by atoms with E-state index in [0.717, 1.165) is 12.0 Å². The highest BCUT2D eigenvalue weighted by atomic mass is 32.2. The molecule has 1 amide bonds. The third-order valence-corrected chi connectivity index (χ3v) is 8.51. The van der Waals surface area contributed by atoms with E-state index in [1.54, 1.807) is 0 Å². The van der Waals surface area contributed by atoms with Gasteiger partial charge in [0, 0.05) is 31.1 Å². The van der Waals surface area contributed by atoms with Gasteiger partial charge in [-0.25, -0.2) is 0 Å². The van der Waals surface area contributed by atoms with Gasteiger partial charge in [-0.15, -0.1) is 4.40 Å². The Morgan fingerprint density at radius 3 is 2.20 bits per heavy atom. The Morgan fingerprint density at radius 1 is 1.03 bits per heavy atom. The number of amides is 1. The fraction of sp³-hybridized carbons (Fsp3) is 0.429. The second kappa shape index (κ2) is 10.4. The smallest absolute Gasteiger partial charge is 0.285 e. The predicted octanol–water partition coefficient (Wildman–Crippen LogP) is 4.87. The molecule has 0 radical (unpaired) electrons. The van der Waals surface area contributed by atoms with Crippen molar-refractivity contribution in [2.75, 3.05) is 13.1 Å². The average Bonchev–Trinajstić information content (AvgIpc) is 3.11. The largest absolute Gasteiger partial charge is 0.356 e. The summed E-state index contributed by atoms with van der Waals surface area (Å²) in [6.45, 7) is 9.91. The number of likely N-dealkylation sites (tertiary alicyclic amines) is 1. The van der Waals surface area contributed by atoms with Gasteiger partial charge in [0.2, 0.25) is 5.91 Å². The van der Waals surface area contributed by atoms with Gasteiger partial charge in [-0.3, -0.25) is 4.79 Å². The summed E-state index contributed by atoms with van der Waals surface area (Å²) in [5.74, 6) is 0.879. The van der Waals surface area contributed by atoms with Gasteiger partial charge in [-0.1, -0.05) is 69.3 Å². The van der Waals surface area contributed by atoms with Crippen LogP contribution in [0.1, 0.15) is 68.7 Å². The first-order chi connectivity index (χ1) is 16.7. The number of nitrogens with zero attached hydrogens (tertiary/aromatic N) is 2. The fourth-order valence-electron chi connectivity index (χ4n) is 4.78. The number of amidine groups is 1. The van der Waals surface area contributed by atoms with Crippen LogP contribution in [0.3, 0.4) is 0 Å². The monoisotopic (exact) mass is 493 g/mol. The number of piperidine rings is 1. The summed E-state index contributed by atoms with van der Waals surface area (Å²) in [6, 6.07) is 16.0. The number of benzene rings is 2. The van der Waals surface area contributed by atoms with E-state index in [4.69, 9.17) is 0 Å². The summed E-state index contributed by atoms with van der Waals surface area (Å²) < 4.78 is 30.0. The molecule has 6 nitrogen and oxygen atoms in total. The first-order valence-corrected chi connectivity index (χ1v) is 13.9. The molecule has 1 fully saturated rings. The molecule has 0 atom stereocenters. The van der Waals surface area contributed by atoms with Crippen molar-refractivity contribution in [2.24, 2.45) is 10.3 Å². The third kappa shape index (κ3) is 5.50. The molecule has 0 saturated carbocycles. The highest BCUT2D eigenvalue weighted by Gasteiger charge is 2.35. The van der Waals surface area contributed by atoms with Gasteiger partial charge in [0.15, 0.2) is 0 Å². The van der Waals surface area contributed by atoms with Crippen molar-refractivity contribution in [3.8, 4) is 0 Å². The zero-order valence-electron chi connectivity index (χ0n) is 21.0. The molecule has 7 heteroatoms. The molecule has 1 N–H and O–H groups in total. The lowest BCUT2D eigenvalue weighted by Gasteiger charge is -2.32. The van der Waals surface area contributed by atoms with Crippen molar-refractivity contribution in [2.45, 2.75) is 59.4 Å². The van der Waals surface area contributed by atoms with Crippen LogP contribution in [0.4, 0.5) is 0 Å². The number of aryl methyl sites for hydroxylation is 1. The summed E-state index contributed by atoms with van der Waals surface area (Å²) >= 11 is 0. The summed E-state index contributed by atoms with van der Waals surface area (Å²) in [7, 11) is -3.75. The van der Waals surface area contributed by atoms with Crippen molar-refractivity contribution >= 4 is 26.7 Å².